The van der Waals surface area contributed by atoms with Crippen LogP contribution in [0.1, 0.15) is 36.1 Å². The van der Waals surface area contributed by atoms with E-state index in [1.807, 2.05) is 43.4 Å². The molecule has 4 nitrogen and oxygen atoms in total. The van der Waals surface area contributed by atoms with Crippen molar-refractivity contribution in [3.63, 3.8) is 0 Å². The number of aromatic nitrogens is 1. The number of hydrogen-bond acceptors (Lipinski definition) is 1. The molecule has 0 bridgehead atoms. The number of nitrogens with one attached hydrogen (secondary N) is 2. The Balaban J connectivity index is 1.29. The molecule has 230 valence electrons. The summed E-state index contributed by atoms with van der Waals surface area (Å²) < 4.78 is 2.42. The maximum absolute atomic E-state index is 9.12. The molecule has 0 fully saturated rings. The topological polar surface area (TPSA) is 53.2 Å². The van der Waals surface area contributed by atoms with Gasteiger partial charge in [-0.25, -0.2) is 4.99 Å². The van der Waals surface area contributed by atoms with E-state index in [9.17, 15) is 0 Å². The molecule has 8 aromatic rings. The van der Waals surface area contributed by atoms with Gasteiger partial charge in [0.15, 0.2) is 5.84 Å². The Labute approximate surface area is 279 Å². The lowest BCUT2D eigenvalue weighted by molar-refractivity contribution is 0.661. The maximum atomic E-state index is 9.12. The van der Waals surface area contributed by atoms with Crippen LogP contribution < -0.4 is 5.32 Å². The van der Waals surface area contributed by atoms with E-state index in [1.54, 1.807) is 0 Å². The average molecular weight is 619 g/mol. The lowest BCUT2D eigenvalue weighted by Crippen LogP contribution is -2.21. The van der Waals surface area contributed by atoms with E-state index in [1.165, 1.54) is 54.8 Å². The second-order valence-corrected chi connectivity index (χ2v) is 13.2. The van der Waals surface area contributed by atoms with Crippen LogP contribution in [0.2, 0.25) is 0 Å². The second-order valence-electron chi connectivity index (χ2n) is 13.2. The molecule has 4 heteroatoms. The first-order valence-electron chi connectivity index (χ1n) is 16.5. The van der Waals surface area contributed by atoms with E-state index >= 15 is 0 Å². The Hall–Kier alpha value is -6.00. The molecule has 0 saturated carbocycles. The van der Waals surface area contributed by atoms with E-state index in [0.29, 0.717) is 5.84 Å². The summed E-state index contributed by atoms with van der Waals surface area (Å²) in [5.41, 5.74) is 10.5. The summed E-state index contributed by atoms with van der Waals surface area (Å²) in [4.78, 5) is 4.76. The number of para-hydroxylation sites is 1. The first-order chi connectivity index (χ1) is 23.5. The van der Waals surface area contributed by atoms with Gasteiger partial charge in [0, 0.05) is 39.7 Å². The summed E-state index contributed by atoms with van der Waals surface area (Å²) in [7, 11) is 1.85. The van der Waals surface area contributed by atoms with Crippen molar-refractivity contribution in [3.05, 3.63) is 162 Å². The minimum Gasteiger partial charge on any atom is -0.373 e. The smallest absolute Gasteiger partial charge is 0.154 e. The van der Waals surface area contributed by atoms with Crippen LogP contribution in [0.15, 0.2) is 145 Å². The van der Waals surface area contributed by atoms with Crippen molar-refractivity contribution in [2.75, 3.05) is 7.05 Å². The zero-order chi connectivity index (χ0) is 32.6. The van der Waals surface area contributed by atoms with E-state index in [0.717, 1.165) is 27.6 Å². The Morgan fingerprint density at radius 1 is 0.625 bits per heavy atom. The number of hydrogen-bond donors (Lipinski definition) is 2. The van der Waals surface area contributed by atoms with Gasteiger partial charge in [0.2, 0.25) is 0 Å². The van der Waals surface area contributed by atoms with Gasteiger partial charge in [0.1, 0.15) is 5.84 Å². The molecular weight excluding hydrogens is 585 g/mol. The van der Waals surface area contributed by atoms with E-state index in [-0.39, 0.29) is 11.3 Å². The van der Waals surface area contributed by atoms with Crippen molar-refractivity contribution in [2.24, 2.45) is 4.99 Å². The highest BCUT2D eigenvalue weighted by Crippen LogP contribution is 2.53. The monoisotopic (exact) mass is 618 g/mol. The Bertz CT molecular complexity index is 2640. The summed E-state index contributed by atoms with van der Waals surface area (Å²) in [5.74, 6) is 0.888. The molecule has 1 aliphatic rings. The Kier molecular flexibility index (Phi) is 6.18. The SMILES string of the molecule is CNC(=NC(=N)c1ccc(-n2c3ccccc3c3cc4c(cc32)C(C)(C)c2ccc3ccccc3c2-4)c2ccccc12)c1ccccc1. The summed E-state index contributed by atoms with van der Waals surface area (Å²) in [6.45, 7) is 4.72. The van der Waals surface area contributed by atoms with E-state index < -0.39 is 0 Å². The predicted molar refractivity (Wildman–Crippen MR) is 202 cm³/mol. The van der Waals surface area contributed by atoms with Crippen LogP contribution in [-0.2, 0) is 5.41 Å². The van der Waals surface area contributed by atoms with Crippen molar-refractivity contribution >= 4 is 55.0 Å². The second kappa shape index (κ2) is 10.5. The van der Waals surface area contributed by atoms with Crippen LogP contribution in [0, 0.1) is 5.41 Å². The van der Waals surface area contributed by atoms with Crippen LogP contribution in [0.5, 0.6) is 0 Å². The van der Waals surface area contributed by atoms with Gasteiger partial charge in [-0.15, -0.1) is 0 Å². The quantitative estimate of drug-likeness (QED) is 0.150. The van der Waals surface area contributed by atoms with Gasteiger partial charge in [-0.05, 0) is 68.7 Å². The van der Waals surface area contributed by atoms with Crippen LogP contribution in [-0.4, -0.2) is 23.3 Å². The minimum atomic E-state index is -0.146. The van der Waals surface area contributed by atoms with E-state index in [4.69, 9.17) is 10.4 Å². The van der Waals surface area contributed by atoms with Crippen molar-refractivity contribution in [1.29, 1.82) is 5.41 Å². The highest BCUT2D eigenvalue weighted by molar-refractivity contribution is 6.18. The molecule has 0 saturated heterocycles. The predicted octanol–water partition coefficient (Wildman–Crippen LogP) is 10.4. The minimum absolute atomic E-state index is 0.146. The first-order valence-corrected chi connectivity index (χ1v) is 16.5. The molecular formula is C44H34N4. The number of aliphatic imine (C=N–C) groups is 1. The van der Waals surface area contributed by atoms with Gasteiger partial charge in [-0.3, -0.25) is 5.41 Å². The average Bonchev–Trinajstić information content (AvgIpc) is 3.57. The summed E-state index contributed by atoms with van der Waals surface area (Å²) >= 11 is 0. The molecule has 9 rings (SSSR count). The number of fused-ring (bicyclic) bond motifs is 9. The molecule has 1 aromatic heterocycles. The third kappa shape index (κ3) is 4.02. The third-order valence-electron chi connectivity index (χ3n) is 10.3. The van der Waals surface area contributed by atoms with Gasteiger partial charge in [-0.2, -0.15) is 0 Å². The maximum Gasteiger partial charge on any atom is 0.154 e. The number of benzene rings is 7. The molecule has 1 aliphatic carbocycles. The largest absolute Gasteiger partial charge is 0.373 e. The van der Waals surface area contributed by atoms with Crippen molar-refractivity contribution in [3.8, 4) is 16.8 Å². The summed E-state index contributed by atoms with van der Waals surface area (Å²) in [5, 5.41) is 19.4. The molecule has 0 amide bonds. The molecule has 7 aromatic carbocycles. The zero-order valence-electron chi connectivity index (χ0n) is 27.2. The molecule has 0 unspecified atom stereocenters. The number of nitrogens with zero attached hydrogens (tertiary/aromatic N) is 2. The lowest BCUT2D eigenvalue weighted by Gasteiger charge is -2.22. The zero-order valence-corrected chi connectivity index (χ0v) is 27.2. The van der Waals surface area contributed by atoms with Crippen LogP contribution in [0.4, 0.5) is 0 Å². The molecule has 0 radical (unpaired) electrons. The molecule has 1 heterocycles. The molecule has 0 aliphatic heterocycles. The van der Waals surface area contributed by atoms with Gasteiger partial charge in [-0.1, -0.05) is 123 Å². The van der Waals surface area contributed by atoms with Crippen LogP contribution in [0.3, 0.4) is 0 Å². The fourth-order valence-corrected chi connectivity index (χ4v) is 7.94. The first kappa shape index (κ1) is 28.2. The fourth-order valence-electron chi connectivity index (χ4n) is 7.94. The third-order valence-corrected chi connectivity index (χ3v) is 10.3. The Morgan fingerprint density at radius 3 is 2.10 bits per heavy atom. The Morgan fingerprint density at radius 2 is 1.31 bits per heavy atom. The summed E-state index contributed by atoms with van der Waals surface area (Å²) in [6.07, 6.45) is 0. The van der Waals surface area contributed by atoms with Gasteiger partial charge in [0.25, 0.3) is 0 Å². The molecule has 2 N–H and O–H groups in total. The van der Waals surface area contributed by atoms with Crippen molar-refractivity contribution in [2.45, 2.75) is 19.3 Å². The van der Waals surface area contributed by atoms with Gasteiger partial charge < -0.3 is 9.88 Å². The fraction of sp³-hybridized carbons (Fsp3) is 0.0909. The van der Waals surface area contributed by atoms with Gasteiger partial charge >= 0.3 is 0 Å². The van der Waals surface area contributed by atoms with Crippen molar-refractivity contribution in [1.82, 2.24) is 9.88 Å². The number of amidine groups is 2. The van der Waals surface area contributed by atoms with E-state index in [2.05, 4.69) is 127 Å². The molecule has 0 spiro atoms. The van der Waals surface area contributed by atoms with Crippen LogP contribution >= 0.6 is 0 Å². The normalized spacial score (nSPS) is 13.7. The highest BCUT2D eigenvalue weighted by atomic mass is 15.0. The highest BCUT2D eigenvalue weighted by Gasteiger charge is 2.37. The molecule has 48 heavy (non-hydrogen) atoms. The van der Waals surface area contributed by atoms with Crippen molar-refractivity contribution < 1.29 is 0 Å². The molecule has 0 atom stereocenters. The van der Waals surface area contributed by atoms with Gasteiger partial charge in [0.05, 0.1) is 16.7 Å². The van der Waals surface area contributed by atoms with Crippen LogP contribution in [0.25, 0.3) is 60.2 Å². The number of rotatable bonds is 3. The summed E-state index contributed by atoms with van der Waals surface area (Å²) in [6, 6.07) is 49.6. The standard InChI is InChI=1S/C44H34N4/c1-44(2)36-23-21-27-13-7-8-16-29(27)41(36)35-25-34-32-19-11-12-20-38(32)48(40(34)26-37(35)44)39-24-22-33(30-17-9-10-18-31(30)39)42(45)47-43(46-3)28-14-5-4-6-15-28/h4-26H,1-3H3,(H2,45,46,47). The lowest BCUT2D eigenvalue weighted by atomic mass is 9.82.